The van der Waals surface area contributed by atoms with Gasteiger partial charge in [0.1, 0.15) is 0 Å². The number of amides is 2. The van der Waals surface area contributed by atoms with Gasteiger partial charge in [-0.25, -0.2) is 0 Å². The third-order valence-corrected chi connectivity index (χ3v) is 4.56. The number of benzene rings is 1. The van der Waals surface area contributed by atoms with Crippen LogP contribution in [0.25, 0.3) is 0 Å². The number of hydrogen-bond donors (Lipinski definition) is 3. The SMILES string of the molecule is CC(=O)NCCNC(=O)[C@@H]1CC[C@@H](N(C)Cc2ccccc2)[C@H]1O. The largest absolute Gasteiger partial charge is 0.391 e. The summed E-state index contributed by atoms with van der Waals surface area (Å²) in [6, 6.07) is 10.1. The molecule has 0 aromatic heterocycles. The molecule has 1 saturated carbocycles. The van der Waals surface area contributed by atoms with Crippen LogP contribution in [0.4, 0.5) is 0 Å². The van der Waals surface area contributed by atoms with E-state index in [1.54, 1.807) is 0 Å². The molecule has 3 N–H and O–H groups in total. The quantitative estimate of drug-likeness (QED) is 0.635. The lowest BCUT2D eigenvalue weighted by Gasteiger charge is -2.28. The van der Waals surface area contributed by atoms with Crippen LogP contribution in [0.5, 0.6) is 0 Å². The Morgan fingerprint density at radius 3 is 2.50 bits per heavy atom. The summed E-state index contributed by atoms with van der Waals surface area (Å²) < 4.78 is 0. The van der Waals surface area contributed by atoms with Crippen LogP contribution in [-0.4, -0.2) is 54.1 Å². The number of aliphatic hydroxyl groups excluding tert-OH is 1. The Bertz CT molecular complexity index is 550. The Hall–Kier alpha value is -1.92. The summed E-state index contributed by atoms with van der Waals surface area (Å²) in [5.41, 5.74) is 1.19. The van der Waals surface area contributed by atoms with E-state index in [0.29, 0.717) is 19.5 Å². The van der Waals surface area contributed by atoms with E-state index in [1.165, 1.54) is 12.5 Å². The zero-order valence-corrected chi connectivity index (χ0v) is 14.4. The maximum absolute atomic E-state index is 12.2. The van der Waals surface area contributed by atoms with E-state index in [1.807, 2.05) is 25.2 Å². The van der Waals surface area contributed by atoms with Crippen molar-refractivity contribution < 1.29 is 14.7 Å². The first kappa shape index (κ1) is 18.4. The molecule has 1 aliphatic rings. The molecule has 132 valence electrons. The van der Waals surface area contributed by atoms with Crippen LogP contribution in [-0.2, 0) is 16.1 Å². The topological polar surface area (TPSA) is 81.7 Å². The zero-order valence-electron chi connectivity index (χ0n) is 14.4. The molecule has 0 radical (unpaired) electrons. The molecular weight excluding hydrogens is 306 g/mol. The van der Waals surface area contributed by atoms with Crippen LogP contribution in [0.15, 0.2) is 30.3 Å². The van der Waals surface area contributed by atoms with Crippen molar-refractivity contribution in [3.8, 4) is 0 Å². The highest BCUT2D eigenvalue weighted by Crippen LogP contribution is 2.30. The van der Waals surface area contributed by atoms with E-state index in [2.05, 4.69) is 27.7 Å². The number of likely N-dealkylation sites (N-methyl/N-ethyl adjacent to an activating group) is 1. The number of hydrogen-bond acceptors (Lipinski definition) is 4. The van der Waals surface area contributed by atoms with E-state index >= 15 is 0 Å². The molecule has 1 aliphatic carbocycles. The van der Waals surface area contributed by atoms with Gasteiger partial charge in [-0.1, -0.05) is 30.3 Å². The fourth-order valence-electron chi connectivity index (χ4n) is 3.27. The molecule has 2 rings (SSSR count). The molecule has 0 spiro atoms. The summed E-state index contributed by atoms with van der Waals surface area (Å²) in [5.74, 6) is -0.637. The molecule has 0 bridgehead atoms. The minimum Gasteiger partial charge on any atom is -0.391 e. The van der Waals surface area contributed by atoms with Crippen molar-refractivity contribution in [2.45, 2.75) is 38.5 Å². The minimum absolute atomic E-state index is 0.0173. The van der Waals surface area contributed by atoms with Crippen LogP contribution in [0.2, 0.25) is 0 Å². The van der Waals surface area contributed by atoms with Gasteiger partial charge in [-0.2, -0.15) is 0 Å². The van der Waals surface area contributed by atoms with Crippen molar-refractivity contribution in [2.75, 3.05) is 20.1 Å². The summed E-state index contributed by atoms with van der Waals surface area (Å²) in [6.07, 6.45) is 0.810. The monoisotopic (exact) mass is 333 g/mol. The van der Waals surface area contributed by atoms with Crippen LogP contribution >= 0.6 is 0 Å². The maximum atomic E-state index is 12.2. The lowest BCUT2D eigenvalue weighted by atomic mass is 10.0. The third kappa shape index (κ3) is 5.04. The first-order valence-corrected chi connectivity index (χ1v) is 8.43. The summed E-state index contributed by atoms with van der Waals surface area (Å²) in [7, 11) is 1.98. The molecule has 0 saturated heterocycles. The van der Waals surface area contributed by atoms with Gasteiger partial charge in [-0.15, -0.1) is 0 Å². The maximum Gasteiger partial charge on any atom is 0.225 e. The Labute approximate surface area is 143 Å². The number of aliphatic hydroxyl groups is 1. The highest BCUT2D eigenvalue weighted by Gasteiger charge is 2.40. The second kappa shape index (κ2) is 8.80. The fraction of sp³-hybridized carbons (Fsp3) is 0.556. The van der Waals surface area contributed by atoms with E-state index in [9.17, 15) is 14.7 Å². The molecule has 1 aromatic rings. The summed E-state index contributed by atoms with van der Waals surface area (Å²) in [6.45, 7) is 2.97. The predicted molar refractivity (Wildman–Crippen MR) is 92.1 cm³/mol. The molecule has 2 amide bonds. The highest BCUT2D eigenvalue weighted by molar-refractivity contribution is 5.79. The van der Waals surface area contributed by atoms with Crippen molar-refractivity contribution in [1.82, 2.24) is 15.5 Å². The van der Waals surface area contributed by atoms with Crippen LogP contribution in [0.3, 0.4) is 0 Å². The van der Waals surface area contributed by atoms with E-state index in [4.69, 9.17) is 0 Å². The van der Waals surface area contributed by atoms with Gasteiger partial charge in [-0.3, -0.25) is 14.5 Å². The molecule has 6 nitrogen and oxygen atoms in total. The van der Waals surface area contributed by atoms with Gasteiger partial charge in [0, 0.05) is 32.6 Å². The van der Waals surface area contributed by atoms with Crippen molar-refractivity contribution in [3.63, 3.8) is 0 Å². The summed E-state index contributed by atoms with van der Waals surface area (Å²) in [4.78, 5) is 25.1. The minimum atomic E-state index is -0.667. The lowest BCUT2D eigenvalue weighted by Crippen LogP contribution is -2.44. The number of rotatable bonds is 7. The predicted octanol–water partition coefficient (Wildman–Crippen LogP) is 0.510. The van der Waals surface area contributed by atoms with Gasteiger partial charge in [0.05, 0.1) is 12.0 Å². The molecule has 6 heteroatoms. The molecule has 0 aliphatic heterocycles. The van der Waals surface area contributed by atoms with Crippen molar-refractivity contribution >= 4 is 11.8 Å². The first-order chi connectivity index (χ1) is 11.5. The van der Waals surface area contributed by atoms with E-state index in [0.717, 1.165) is 13.0 Å². The Morgan fingerprint density at radius 1 is 1.17 bits per heavy atom. The Kier molecular flexibility index (Phi) is 6.75. The Morgan fingerprint density at radius 2 is 1.83 bits per heavy atom. The molecule has 24 heavy (non-hydrogen) atoms. The van der Waals surface area contributed by atoms with Gasteiger partial charge >= 0.3 is 0 Å². The average molecular weight is 333 g/mol. The van der Waals surface area contributed by atoms with Crippen LogP contribution < -0.4 is 10.6 Å². The number of nitrogens with zero attached hydrogens (tertiary/aromatic N) is 1. The Balaban J connectivity index is 1.81. The van der Waals surface area contributed by atoms with Crippen molar-refractivity contribution in [3.05, 3.63) is 35.9 Å². The normalized spacial score (nSPS) is 23.2. The summed E-state index contributed by atoms with van der Waals surface area (Å²) in [5, 5.41) is 16.0. The van der Waals surface area contributed by atoms with E-state index in [-0.39, 0.29) is 23.8 Å². The smallest absolute Gasteiger partial charge is 0.225 e. The second-order valence-electron chi connectivity index (χ2n) is 6.42. The van der Waals surface area contributed by atoms with Crippen molar-refractivity contribution in [1.29, 1.82) is 0 Å². The first-order valence-electron chi connectivity index (χ1n) is 8.43. The zero-order chi connectivity index (χ0) is 17.5. The number of carbonyl (C=O) groups excluding carboxylic acids is 2. The highest BCUT2D eigenvalue weighted by atomic mass is 16.3. The van der Waals surface area contributed by atoms with Crippen LogP contribution in [0, 0.1) is 5.92 Å². The molecule has 1 fully saturated rings. The van der Waals surface area contributed by atoms with Gasteiger partial charge in [0.15, 0.2) is 0 Å². The molecule has 3 atom stereocenters. The average Bonchev–Trinajstić information content (AvgIpc) is 2.94. The standard InChI is InChI=1S/C18H27N3O3/c1-13(22)19-10-11-20-18(24)15-8-9-16(17(15)23)21(2)12-14-6-4-3-5-7-14/h3-7,15-17,23H,8-12H2,1-2H3,(H,19,22)(H,20,24)/t15-,16-,17+/m1/s1. The van der Waals surface area contributed by atoms with E-state index < -0.39 is 6.10 Å². The molecular formula is C18H27N3O3. The van der Waals surface area contributed by atoms with Gasteiger partial charge in [0.25, 0.3) is 0 Å². The van der Waals surface area contributed by atoms with Crippen LogP contribution in [0.1, 0.15) is 25.3 Å². The molecule has 1 aromatic carbocycles. The molecule has 0 unspecified atom stereocenters. The molecule has 0 heterocycles. The second-order valence-corrected chi connectivity index (χ2v) is 6.42. The van der Waals surface area contributed by atoms with Gasteiger partial charge < -0.3 is 15.7 Å². The van der Waals surface area contributed by atoms with Crippen molar-refractivity contribution in [2.24, 2.45) is 5.92 Å². The number of carbonyl (C=O) groups is 2. The number of nitrogens with one attached hydrogen (secondary N) is 2. The van der Waals surface area contributed by atoms with Gasteiger partial charge in [-0.05, 0) is 25.5 Å². The fourth-order valence-corrected chi connectivity index (χ4v) is 3.27. The van der Waals surface area contributed by atoms with Gasteiger partial charge in [0.2, 0.25) is 11.8 Å². The lowest BCUT2D eigenvalue weighted by molar-refractivity contribution is -0.128. The third-order valence-electron chi connectivity index (χ3n) is 4.56. The summed E-state index contributed by atoms with van der Waals surface area (Å²) >= 11 is 0.